The number of hydrogen-bond acceptors (Lipinski definition) is 3. The van der Waals surface area contributed by atoms with Crippen LogP contribution >= 0.6 is 0 Å². The van der Waals surface area contributed by atoms with E-state index in [9.17, 15) is 0 Å². The number of ether oxygens (including phenoxy) is 1. The van der Waals surface area contributed by atoms with Gasteiger partial charge in [-0.25, -0.2) is 0 Å². The van der Waals surface area contributed by atoms with E-state index in [1.807, 2.05) is 18.2 Å². The standard InChI is InChI=1S/C15H24N2O/c1-10-6-12(9-15(2,3)8-10)18-11-4-5-13(16)14(17)7-11/h4-5,7,10,12H,6,8-9,16-17H2,1-3H3. The quantitative estimate of drug-likeness (QED) is 0.788. The molecule has 1 aromatic carbocycles. The molecule has 1 saturated carbocycles. The Kier molecular flexibility index (Phi) is 3.42. The Bertz CT molecular complexity index is 429. The second-order valence-electron chi connectivity index (χ2n) is 6.44. The molecule has 3 heteroatoms. The molecular formula is C15H24N2O. The van der Waals surface area contributed by atoms with Crippen molar-refractivity contribution in [2.24, 2.45) is 11.3 Å². The van der Waals surface area contributed by atoms with Crippen LogP contribution in [0.15, 0.2) is 18.2 Å². The average Bonchev–Trinajstić information content (AvgIpc) is 2.20. The van der Waals surface area contributed by atoms with Gasteiger partial charge in [0.15, 0.2) is 0 Å². The van der Waals surface area contributed by atoms with E-state index in [1.165, 1.54) is 6.42 Å². The lowest BCUT2D eigenvalue weighted by molar-refractivity contribution is 0.0563. The highest BCUT2D eigenvalue weighted by Gasteiger charge is 2.33. The molecule has 0 saturated heterocycles. The van der Waals surface area contributed by atoms with E-state index in [-0.39, 0.29) is 6.10 Å². The van der Waals surface area contributed by atoms with Crippen LogP contribution in [0.5, 0.6) is 5.75 Å². The number of anilines is 2. The Hall–Kier alpha value is -1.38. The molecular weight excluding hydrogens is 224 g/mol. The minimum Gasteiger partial charge on any atom is -0.490 e. The number of benzene rings is 1. The van der Waals surface area contributed by atoms with Crippen molar-refractivity contribution in [1.29, 1.82) is 0 Å². The minimum absolute atomic E-state index is 0.284. The first-order valence-corrected chi connectivity index (χ1v) is 6.67. The Labute approximate surface area is 110 Å². The van der Waals surface area contributed by atoms with Crippen molar-refractivity contribution in [1.82, 2.24) is 0 Å². The molecule has 4 N–H and O–H groups in total. The van der Waals surface area contributed by atoms with Gasteiger partial charge in [0, 0.05) is 6.07 Å². The Morgan fingerprint density at radius 3 is 2.50 bits per heavy atom. The van der Waals surface area contributed by atoms with Crippen molar-refractivity contribution in [2.45, 2.75) is 46.1 Å². The fraction of sp³-hybridized carbons (Fsp3) is 0.600. The molecule has 0 aliphatic heterocycles. The van der Waals surface area contributed by atoms with E-state index in [0.29, 0.717) is 22.7 Å². The highest BCUT2D eigenvalue weighted by Crippen LogP contribution is 2.40. The van der Waals surface area contributed by atoms with Gasteiger partial charge in [-0.15, -0.1) is 0 Å². The van der Waals surface area contributed by atoms with E-state index >= 15 is 0 Å². The third-order valence-corrected chi connectivity index (χ3v) is 3.71. The summed E-state index contributed by atoms with van der Waals surface area (Å²) < 4.78 is 6.06. The van der Waals surface area contributed by atoms with Gasteiger partial charge >= 0.3 is 0 Å². The molecule has 0 amide bonds. The van der Waals surface area contributed by atoms with Gasteiger partial charge in [-0.1, -0.05) is 20.8 Å². The Morgan fingerprint density at radius 1 is 1.17 bits per heavy atom. The summed E-state index contributed by atoms with van der Waals surface area (Å²) in [5.41, 5.74) is 13.1. The first-order chi connectivity index (χ1) is 8.35. The fourth-order valence-corrected chi connectivity index (χ4v) is 3.17. The number of hydrogen-bond donors (Lipinski definition) is 2. The molecule has 2 rings (SSSR count). The van der Waals surface area contributed by atoms with Gasteiger partial charge in [0.1, 0.15) is 5.75 Å². The summed E-state index contributed by atoms with van der Waals surface area (Å²) in [6, 6.07) is 5.53. The topological polar surface area (TPSA) is 61.3 Å². The Morgan fingerprint density at radius 2 is 1.89 bits per heavy atom. The molecule has 1 fully saturated rings. The minimum atomic E-state index is 0.284. The highest BCUT2D eigenvalue weighted by molar-refractivity contribution is 5.65. The first kappa shape index (κ1) is 13.1. The molecule has 0 radical (unpaired) electrons. The lowest BCUT2D eigenvalue weighted by Gasteiger charge is -2.38. The van der Waals surface area contributed by atoms with Crippen molar-refractivity contribution in [2.75, 3.05) is 11.5 Å². The molecule has 1 aliphatic carbocycles. The van der Waals surface area contributed by atoms with Crippen LogP contribution in [0.25, 0.3) is 0 Å². The number of nitrogens with two attached hydrogens (primary N) is 2. The fourth-order valence-electron chi connectivity index (χ4n) is 3.17. The van der Waals surface area contributed by atoms with Crippen LogP contribution in [-0.2, 0) is 0 Å². The largest absolute Gasteiger partial charge is 0.490 e. The van der Waals surface area contributed by atoms with E-state index < -0.39 is 0 Å². The average molecular weight is 248 g/mol. The van der Waals surface area contributed by atoms with Crippen molar-refractivity contribution < 1.29 is 4.74 Å². The van der Waals surface area contributed by atoms with Gasteiger partial charge < -0.3 is 16.2 Å². The maximum absolute atomic E-state index is 6.06. The molecule has 2 unspecified atom stereocenters. The smallest absolute Gasteiger partial charge is 0.121 e. The second kappa shape index (κ2) is 4.71. The van der Waals surface area contributed by atoms with Crippen LogP contribution in [0.1, 0.15) is 40.0 Å². The van der Waals surface area contributed by atoms with Gasteiger partial charge in [0.05, 0.1) is 17.5 Å². The van der Waals surface area contributed by atoms with Crippen LogP contribution in [0, 0.1) is 11.3 Å². The maximum atomic E-state index is 6.06. The summed E-state index contributed by atoms with van der Waals surface area (Å²) in [4.78, 5) is 0. The zero-order valence-electron chi connectivity index (χ0n) is 11.6. The van der Waals surface area contributed by atoms with Crippen molar-refractivity contribution in [3.63, 3.8) is 0 Å². The molecule has 0 heterocycles. The summed E-state index contributed by atoms with van der Waals surface area (Å²) >= 11 is 0. The summed E-state index contributed by atoms with van der Waals surface area (Å²) in [6.07, 6.45) is 3.78. The molecule has 18 heavy (non-hydrogen) atoms. The summed E-state index contributed by atoms with van der Waals surface area (Å²) in [5.74, 6) is 1.54. The van der Waals surface area contributed by atoms with E-state index in [4.69, 9.17) is 16.2 Å². The van der Waals surface area contributed by atoms with E-state index in [0.717, 1.165) is 18.6 Å². The molecule has 3 nitrogen and oxygen atoms in total. The van der Waals surface area contributed by atoms with Crippen LogP contribution in [-0.4, -0.2) is 6.10 Å². The molecule has 0 aromatic heterocycles. The van der Waals surface area contributed by atoms with Crippen LogP contribution in [0.3, 0.4) is 0 Å². The molecule has 0 spiro atoms. The van der Waals surface area contributed by atoms with Crippen LogP contribution in [0.4, 0.5) is 11.4 Å². The normalized spacial score (nSPS) is 26.8. The zero-order chi connectivity index (χ0) is 13.3. The summed E-state index contributed by atoms with van der Waals surface area (Å²) in [5, 5.41) is 0. The third-order valence-electron chi connectivity index (χ3n) is 3.71. The van der Waals surface area contributed by atoms with Crippen molar-refractivity contribution >= 4 is 11.4 Å². The highest BCUT2D eigenvalue weighted by atomic mass is 16.5. The Balaban J connectivity index is 2.06. The zero-order valence-corrected chi connectivity index (χ0v) is 11.6. The maximum Gasteiger partial charge on any atom is 0.121 e. The van der Waals surface area contributed by atoms with E-state index in [2.05, 4.69) is 20.8 Å². The number of rotatable bonds is 2. The summed E-state index contributed by atoms with van der Waals surface area (Å²) in [7, 11) is 0. The first-order valence-electron chi connectivity index (χ1n) is 6.67. The summed E-state index contributed by atoms with van der Waals surface area (Å²) in [6.45, 7) is 6.93. The monoisotopic (exact) mass is 248 g/mol. The van der Waals surface area contributed by atoms with Crippen LogP contribution in [0.2, 0.25) is 0 Å². The van der Waals surface area contributed by atoms with Gasteiger partial charge in [-0.05, 0) is 42.7 Å². The molecule has 2 atom stereocenters. The molecule has 1 aliphatic rings. The van der Waals surface area contributed by atoms with Gasteiger partial charge in [-0.2, -0.15) is 0 Å². The van der Waals surface area contributed by atoms with Gasteiger partial charge in [0.25, 0.3) is 0 Å². The molecule has 0 bridgehead atoms. The SMILES string of the molecule is CC1CC(Oc2ccc(N)c(N)c2)CC(C)(C)C1. The van der Waals surface area contributed by atoms with Crippen LogP contribution < -0.4 is 16.2 Å². The lowest BCUT2D eigenvalue weighted by Crippen LogP contribution is -2.34. The van der Waals surface area contributed by atoms with E-state index in [1.54, 1.807) is 0 Å². The predicted octanol–water partition coefficient (Wildman–Crippen LogP) is 3.44. The van der Waals surface area contributed by atoms with Gasteiger partial charge in [0.2, 0.25) is 0 Å². The van der Waals surface area contributed by atoms with Crippen molar-refractivity contribution in [3.05, 3.63) is 18.2 Å². The van der Waals surface area contributed by atoms with Crippen molar-refractivity contribution in [3.8, 4) is 5.75 Å². The lowest BCUT2D eigenvalue weighted by atomic mass is 9.71. The molecule has 100 valence electrons. The predicted molar refractivity (Wildman–Crippen MR) is 76.5 cm³/mol. The second-order valence-corrected chi connectivity index (χ2v) is 6.44. The molecule has 1 aromatic rings. The van der Waals surface area contributed by atoms with Gasteiger partial charge in [-0.3, -0.25) is 0 Å². The number of nitrogen functional groups attached to an aromatic ring is 2. The third kappa shape index (κ3) is 3.09.